The van der Waals surface area contributed by atoms with Gasteiger partial charge < -0.3 is 0 Å². The molecule has 0 saturated carbocycles. The largest absolute Gasteiger partial charge is 1.00 e. The van der Waals surface area contributed by atoms with Crippen LogP contribution in [0.4, 0.5) is 0 Å². The Morgan fingerprint density at radius 3 is 1.62 bits per heavy atom. The van der Waals surface area contributed by atoms with Gasteiger partial charge in [0.15, 0.2) is 0 Å². The van der Waals surface area contributed by atoms with E-state index in [1.54, 1.807) is 0 Å². The van der Waals surface area contributed by atoms with Crippen molar-refractivity contribution in [2.75, 3.05) is 0 Å². The predicted molar refractivity (Wildman–Crippen MR) is 36.9 cm³/mol. The third kappa shape index (κ3) is 10.00. The molecule has 0 spiro atoms. The van der Waals surface area contributed by atoms with Gasteiger partial charge in [0, 0.05) is 0 Å². The Balaban J connectivity index is 0. The zero-order valence-electron chi connectivity index (χ0n) is 5.91. The average molecular weight is 183 g/mol. The maximum absolute atomic E-state index is 3.12. The van der Waals surface area contributed by atoms with Crippen molar-refractivity contribution in [2.24, 2.45) is 0 Å². The van der Waals surface area contributed by atoms with Crippen LogP contribution in [0.25, 0.3) is 0 Å². The minimum atomic E-state index is -1.05. The second-order valence-electron chi connectivity index (χ2n) is 2.48. The summed E-state index contributed by atoms with van der Waals surface area (Å²) in [6.45, 7) is 6.66. The van der Waals surface area contributed by atoms with Gasteiger partial charge in [-0.1, -0.05) is 0 Å². The molecule has 3 heteroatoms. The zero-order valence-corrected chi connectivity index (χ0v) is 8.62. The molecule has 0 aromatic heterocycles. The molecule has 0 atom stereocenters. The van der Waals surface area contributed by atoms with Crippen molar-refractivity contribution in [3.63, 3.8) is 0 Å². The van der Waals surface area contributed by atoms with Crippen LogP contribution in [0, 0.1) is 10.4 Å². The van der Waals surface area contributed by atoms with Crippen LogP contribution in [0.15, 0.2) is 0 Å². The standard InChI is InChI=1S/C5H10SeSi.Li/c1-7(2,3)5-4-6;/h6H,1-3H3;/q;+1/p-1. The minimum absolute atomic E-state index is 0. The van der Waals surface area contributed by atoms with E-state index in [-0.39, 0.29) is 18.9 Å². The van der Waals surface area contributed by atoms with Crippen molar-refractivity contribution in [1.82, 2.24) is 0 Å². The molecule has 0 fully saturated rings. The summed E-state index contributed by atoms with van der Waals surface area (Å²) in [6, 6.07) is 0. The normalized spacial score (nSPS) is 8.38. The third-order valence-corrected chi connectivity index (χ3v) is 1.92. The topological polar surface area (TPSA) is 0 Å². The van der Waals surface area contributed by atoms with E-state index in [9.17, 15) is 0 Å². The molecule has 0 bridgehead atoms. The summed E-state index contributed by atoms with van der Waals surface area (Å²) in [5.41, 5.74) is 3.12. The molecule has 40 valence electrons. The molecule has 0 radical (unpaired) electrons. The van der Waals surface area contributed by atoms with E-state index in [1.807, 2.05) is 0 Å². The van der Waals surface area contributed by atoms with E-state index < -0.39 is 8.07 Å². The first-order chi connectivity index (χ1) is 3.06. The van der Waals surface area contributed by atoms with Gasteiger partial charge >= 0.3 is 73.0 Å². The van der Waals surface area contributed by atoms with Gasteiger partial charge in [0.2, 0.25) is 0 Å². The first kappa shape index (κ1) is 11.7. The molecule has 0 aromatic rings. The van der Waals surface area contributed by atoms with Gasteiger partial charge in [0.05, 0.1) is 0 Å². The SMILES string of the molecule is C[Si](C)(C)C#C[Se-].[Li+]. The van der Waals surface area contributed by atoms with Gasteiger partial charge in [-0.05, 0) is 0 Å². The van der Waals surface area contributed by atoms with Crippen LogP contribution in [0.5, 0.6) is 0 Å². The molecule has 0 aliphatic rings. The van der Waals surface area contributed by atoms with Crippen LogP contribution in [0.3, 0.4) is 0 Å². The van der Waals surface area contributed by atoms with Crippen LogP contribution in [0.1, 0.15) is 0 Å². The maximum Gasteiger partial charge on any atom is 1.00 e. The van der Waals surface area contributed by atoms with E-state index in [1.165, 1.54) is 0 Å². The Hall–Kier alpha value is 0.894. The second-order valence-corrected chi connectivity index (χ2v) is 7.66. The smallest absolute Gasteiger partial charge is 1.00 e. The van der Waals surface area contributed by atoms with Crippen molar-refractivity contribution in [3.05, 3.63) is 0 Å². The summed E-state index contributed by atoms with van der Waals surface area (Å²) in [5, 5.41) is 0. The Bertz CT molecular complexity index is 106. The Labute approximate surface area is 72.8 Å². The fourth-order valence-corrected chi connectivity index (χ4v) is 2.39. The Morgan fingerprint density at radius 2 is 1.62 bits per heavy atom. The molecular formula is C5H9LiSeSi. The van der Waals surface area contributed by atoms with Crippen molar-refractivity contribution >= 4 is 24.1 Å². The molecule has 0 unspecified atom stereocenters. The summed E-state index contributed by atoms with van der Waals surface area (Å²) < 4.78 is 0. The zero-order chi connectivity index (χ0) is 5.91. The van der Waals surface area contributed by atoms with Crippen LogP contribution in [0.2, 0.25) is 19.6 Å². The molecule has 0 heterocycles. The number of hydrogen-bond donors (Lipinski definition) is 0. The molecule has 0 amide bonds. The van der Waals surface area contributed by atoms with Gasteiger partial charge in [0.1, 0.15) is 0 Å². The van der Waals surface area contributed by atoms with E-state index in [2.05, 4.69) is 46.0 Å². The van der Waals surface area contributed by atoms with E-state index >= 15 is 0 Å². The molecule has 0 rings (SSSR count). The molecule has 0 N–H and O–H groups in total. The van der Waals surface area contributed by atoms with Crippen LogP contribution in [-0.2, 0) is 0 Å². The summed E-state index contributed by atoms with van der Waals surface area (Å²) in [7, 11) is -1.05. The third-order valence-electron chi connectivity index (χ3n) is 0.426. The van der Waals surface area contributed by atoms with Gasteiger partial charge in [-0.25, -0.2) is 0 Å². The molecule has 0 saturated heterocycles. The average Bonchev–Trinajstić information content (AvgIpc) is 1.30. The van der Waals surface area contributed by atoms with Gasteiger partial charge in [0.25, 0.3) is 0 Å². The van der Waals surface area contributed by atoms with Crippen LogP contribution >= 0.6 is 0 Å². The Kier molecular flexibility index (Phi) is 6.91. The molecule has 0 aliphatic heterocycles. The molecular weight excluding hydrogens is 174 g/mol. The van der Waals surface area contributed by atoms with Gasteiger partial charge in [-0.15, -0.1) is 0 Å². The Morgan fingerprint density at radius 1 is 1.25 bits per heavy atom. The summed E-state index contributed by atoms with van der Waals surface area (Å²) in [5.74, 6) is 0. The number of hydrogen-bond acceptors (Lipinski definition) is 0. The number of rotatable bonds is 0. The molecule has 0 aliphatic carbocycles. The van der Waals surface area contributed by atoms with Crippen molar-refractivity contribution in [3.8, 4) is 10.4 Å². The predicted octanol–water partition coefficient (Wildman–Crippen LogP) is -2.00. The molecule has 0 aromatic carbocycles. The van der Waals surface area contributed by atoms with Crippen LogP contribution < -0.4 is 18.9 Å². The van der Waals surface area contributed by atoms with E-state index in [0.717, 1.165) is 0 Å². The van der Waals surface area contributed by atoms with E-state index in [4.69, 9.17) is 0 Å². The van der Waals surface area contributed by atoms with Crippen molar-refractivity contribution in [2.45, 2.75) is 19.6 Å². The fraction of sp³-hybridized carbons (Fsp3) is 0.600. The van der Waals surface area contributed by atoms with Gasteiger partial charge in [-0.2, -0.15) is 0 Å². The van der Waals surface area contributed by atoms with E-state index in [0.29, 0.717) is 0 Å². The molecule has 8 heavy (non-hydrogen) atoms. The monoisotopic (exact) mass is 184 g/mol. The first-order valence-electron chi connectivity index (χ1n) is 2.20. The summed E-state index contributed by atoms with van der Waals surface area (Å²) in [6.07, 6.45) is 0. The quantitative estimate of drug-likeness (QED) is 0.301. The second kappa shape index (κ2) is 4.74. The minimum Gasteiger partial charge on any atom is 1.00 e. The summed E-state index contributed by atoms with van der Waals surface area (Å²) >= 11 is 2.67. The van der Waals surface area contributed by atoms with Crippen molar-refractivity contribution < 1.29 is 18.9 Å². The molecule has 0 nitrogen and oxygen atoms in total. The maximum atomic E-state index is 3.12. The fourth-order valence-electron chi connectivity index (χ4n) is 0.153. The van der Waals surface area contributed by atoms with Gasteiger partial charge in [-0.3, -0.25) is 0 Å². The van der Waals surface area contributed by atoms with Crippen molar-refractivity contribution in [1.29, 1.82) is 0 Å². The van der Waals surface area contributed by atoms with Crippen LogP contribution in [-0.4, -0.2) is 24.1 Å². The first-order valence-corrected chi connectivity index (χ1v) is 6.56. The summed E-state index contributed by atoms with van der Waals surface area (Å²) in [4.78, 5) is 2.79.